The Balaban J connectivity index is 1.73. The zero-order chi connectivity index (χ0) is 16.4. The van der Waals surface area contributed by atoms with Crippen LogP contribution in [0, 0.1) is 0 Å². The number of hydrogen-bond donors (Lipinski definition) is 1. The zero-order valence-electron chi connectivity index (χ0n) is 12.9. The number of imide groups is 1. The molecule has 3 amide bonds. The average molecular weight is 310 g/mol. The van der Waals surface area contributed by atoms with E-state index in [1.165, 1.54) is 0 Å². The molecule has 1 saturated heterocycles. The highest BCUT2D eigenvalue weighted by Crippen LogP contribution is 2.24. The van der Waals surface area contributed by atoms with Crippen molar-refractivity contribution in [3.05, 3.63) is 48.0 Å². The molecule has 3 rings (SSSR count). The van der Waals surface area contributed by atoms with E-state index in [0.29, 0.717) is 0 Å². The van der Waals surface area contributed by atoms with Crippen LogP contribution in [0.2, 0.25) is 0 Å². The fourth-order valence-electron chi connectivity index (χ4n) is 2.94. The number of hydrogen-bond acceptors (Lipinski definition) is 3. The molecule has 0 aliphatic carbocycles. The second-order valence-electron chi connectivity index (χ2n) is 5.73. The molecule has 1 aliphatic heterocycles. The number of carbonyl (C=O) groups is 3. The van der Waals surface area contributed by atoms with Gasteiger partial charge in [-0.3, -0.25) is 19.3 Å². The summed E-state index contributed by atoms with van der Waals surface area (Å²) in [6.07, 6.45) is 0.399. The predicted octanol–water partition coefficient (Wildman–Crippen LogP) is 2.17. The van der Waals surface area contributed by atoms with E-state index in [2.05, 4.69) is 5.32 Å². The van der Waals surface area contributed by atoms with Crippen LogP contribution in [0.5, 0.6) is 0 Å². The molecule has 2 aromatic rings. The topological polar surface area (TPSA) is 66.5 Å². The first-order chi connectivity index (χ1) is 11.1. The fraction of sp³-hybridized carbons (Fsp3) is 0.278. The summed E-state index contributed by atoms with van der Waals surface area (Å²) in [4.78, 5) is 36.3. The van der Waals surface area contributed by atoms with Crippen LogP contribution in [0.4, 0.5) is 0 Å². The lowest BCUT2D eigenvalue weighted by atomic mass is 10.00. The molecule has 1 atom stereocenters. The standard InChI is InChI=1S/C18H18N2O3/c1-12(14-8-4-6-13-5-2-3-7-15(13)14)19-16(21)11-20-17(22)9-10-18(20)23/h2-8,12H,9-11H2,1H3,(H,19,21)/t12-/m1/s1. The van der Waals surface area contributed by atoms with E-state index in [-0.39, 0.29) is 43.1 Å². The number of amides is 3. The second kappa shape index (κ2) is 6.20. The van der Waals surface area contributed by atoms with E-state index in [4.69, 9.17) is 0 Å². The third kappa shape index (κ3) is 3.08. The molecular weight excluding hydrogens is 292 g/mol. The van der Waals surface area contributed by atoms with Crippen LogP contribution >= 0.6 is 0 Å². The van der Waals surface area contributed by atoms with Gasteiger partial charge in [0.15, 0.2) is 0 Å². The highest BCUT2D eigenvalue weighted by atomic mass is 16.2. The number of carbonyl (C=O) groups excluding carboxylic acids is 3. The Morgan fingerprint density at radius 2 is 1.74 bits per heavy atom. The molecule has 118 valence electrons. The number of nitrogens with zero attached hydrogens (tertiary/aromatic N) is 1. The zero-order valence-corrected chi connectivity index (χ0v) is 12.9. The number of likely N-dealkylation sites (tertiary alicyclic amines) is 1. The van der Waals surface area contributed by atoms with E-state index < -0.39 is 0 Å². The largest absolute Gasteiger partial charge is 0.348 e. The smallest absolute Gasteiger partial charge is 0.240 e. The Morgan fingerprint density at radius 3 is 2.48 bits per heavy atom. The molecular formula is C18H18N2O3. The number of nitrogens with one attached hydrogen (secondary N) is 1. The average Bonchev–Trinajstić information content (AvgIpc) is 2.86. The second-order valence-corrected chi connectivity index (χ2v) is 5.73. The first-order valence-electron chi connectivity index (χ1n) is 7.66. The lowest BCUT2D eigenvalue weighted by Gasteiger charge is -2.19. The molecule has 0 radical (unpaired) electrons. The molecule has 0 saturated carbocycles. The number of rotatable bonds is 4. The molecule has 1 heterocycles. The minimum Gasteiger partial charge on any atom is -0.348 e. The summed E-state index contributed by atoms with van der Waals surface area (Å²) in [6.45, 7) is 1.69. The van der Waals surface area contributed by atoms with Crippen molar-refractivity contribution in [2.75, 3.05) is 6.54 Å². The van der Waals surface area contributed by atoms with Gasteiger partial charge in [0, 0.05) is 12.8 Å². The van der Waals surface area contributed by atoms with Gasteiger partial charge in [-0.1, -0.05) is 42.5 Å². The normalized spacial score (nSPS) is 16.0. The van der Waals surface area contributed by atoms with E-state index in [1.54, 1.807) is 0 Å². The van der Waals surface area contributed by atoms with Gasteiger partial charge < -0.3 is 5.32 Å². The summed E-state index contributed by atoms with van der Waals surface area (Å²) in [5.74, 6) is -0.875. The van der Waals surface area contributed by atoms with Crippen molar-refractivity contribution in [1.82, 2.24) is 10.2 Å². The first-order valence-corrected chi connectivity index (χ1v) is 7.66. The Morgan fingerprint density at radius 1 is 1.09 bits per heavy atom. The van der Waals surface area contributed by atoms with Crippen molar-refractivity contribution in [2.24, 2.45) is 0 Å². The maximum absolute atomic E-state index is 12.2. The minimum atomic E-state index is -0.325. The summed E-state index contributed by atoms with van der Waals surface area (Å²) >= 11 is 0. The van der Waals surface area contributed by atoms with Crippen molar-refractivity contribution in [2.45, 2.75) is 25.8 Å². The van der Waals surface area contributed by atoms with Gasteiger partial charge in [-0.25, -0.2) is 0 Å². The highest BCUT2D eigenvalue weighted by Gasteiger charge is 2.30. The summed E-state index contributed by atoms with van der Waals surface area (Å²) < 4.78 is 0. The minimum absolute atomic E-state index is 0.199. The molecule has 23 heavy (non-hydrogen) atoms. The van der Waals surface area contributed by atoms with Crippen molar-refractivity contribution in [3.8, 4) is 0 Å². The van der Waals surface area contributed by atoms with E-state index in [1.807, 2.05) is 49.4 Å². The summed E-state index contributed by atoms with van der Waals surface area (Å²) in [5, 5.41) is 5.06. The van der Waals surface area contributed by atoms with Crippen molar-refractivity contribution >= 4 is 28.5 Å². The van der Waals surface area contributed by atoms with Gasteiger partial charge in [0.25, 0.3) is 0 Å². The molecule has 1 aliphatic rings. The number of benzene rings is 2. The van der Waals surface area contributed by atoms with Gasteiger partial charge in [0.2, 0.25) is 17.7 Å². The summed E-state index contributed by atoms with van der Waals surface area (Å²) in [7, 11) is 0. The lowest BCUT2D eigenvalue weighted by molar-refractivity contribution is -0.142. The Labute approximate surface area is 134 Å². The third-order valence-electron chi connectivity index (χ3n) is 4.12. The fourth-order valence-corrected chi connectivity index (χ4v) is 2.94. The summed E-state index contributed by atoms with van der Waals surface area (Å²) in [6, 6.07) is 13.7. The molecule has 5 nitrogen and oxygen atoms in total. The lowest BCUT2D eigenvalue weighted by Crippen LogP contribution is -2.40. The first kappa shape index (κ1) is 15.2. The number of fused-ring (bicyclic) bond motifs is 1. The van der Waals surface area contributed by atoms with Crippen molar-refractivity contribution in [3.63, 3.8) is 0 Å². The van der Waals surface area contributed by atoms with Crippen molar-refractivity contribution < 1.29 is 14.4 Å². The molecule has 0 aromatic heterocycles. The van der Waals surface area contributed by atoms with Crippen LogP contribution in [0.15, 0.2) is 42.5 Å². The Kier molecular flexibility index (Phi) is 4.10. The van der Waals surface area contributed by atoms with Gasteiger partial charge in [-0.15, -0.1) is 0 Å². The van der Waals surface area contributed by atoms with Crippen LogP contribution in [0.25, 0.3) is 10.8 Å². The maximum Gasteiger partial charge on any atom is 0.240 e. The van der Waals surface area contributed by atoms with Crippen LogP contribution < -0.4 is 5.32 Å². The quantitative estimate of drug-likeness (QED) is 0.880. The van der Waals surface area contributed by atoms with Gasteiger partial charge in [0.05, 0.1) is 6.04 Å². The van der Waals surface area contributed by atoms with Gasteiger partial charge in [-0.2, -0.15) is 0 Å². The monoisotopic (exact) mass is 310 g/mol. The van der Waals surface area contributed by atoms with E-state index in [9.17, 15) is 14.4 Å². The van der Waals surface area contributed by atoms with Crippen LogP contribution in [-0.2, 0) is 14.4 Å². The Hall–Kier alpha value is -2.69. The molecule has 1 fully saturated rings. The molecule has 1 N–H and O–H groups in total. The molecule has 2 aromatic carbocycles. The van der Waals surface area contributed by atoms with Gasteiger partial charge >= 0.3 is 0 Å². The molecule has 0 unspecified atom stereocenters. The van der Waals surface area contributed by atoms with Crippen LogP contribution in [-0.4, -0.2) is 29.2 Å². The van der Waals surface area contributed by atoms with Gasteiger partial charge in [0.1, 0.15) is 6.54 Å². The summed E-state index contributed by atoms with van der Waals surface area (Å²) in [5.41, 5.74) is 1.01. The predicted molar refractivity (Wildman–Crippen MR) is 86.5 cm³/mol. The van der Waals surface area contributed by atoms with Crippen LogP contribution in [0.1, 0.15) is 31.4 Å². The molecule has 5 heteroatoms. The maximum atomic E-state index is 12.2. The van der Waals surface area contributed by atoms with Crippen LogP contribution in [0.3, 0.4) is 0 Å². The molecule has 0 spiro atoms. The van der Waals surface area contributed by atoms with E-state index in [0.717, 1.165) is 21.2 Å². The van der Waals surface area contributed by atoms with E-state index >= 15 is 0 Å². The molecule has 0 bridgehead atoms. The van der Waals surface area contributed by atoms with Crippen molar-refractivity contribution in [1.29, 1.82) is 0 Å². The highest BCUT2D eigenvalue weighted by molar-refractivity contribution is 6.04. The SMILES string of the molecule is C[C@@H](NC(=O)CN1C(=O)CCC1=O)c1cccc2ccccc12. The third-order valence-corrected chi connectivity index (χ3v) is 4.12. The van der Waals surface area contributed by atoms with Gasteiger partial charge in [-0.05, 0) is 23.3 Å². The Bertz CT molecular complexity index is 763.